The molecule has 1 fully saturated rings. The van der Waals surface area contributed by atoms with E-state index in [1.807, 2.05) is 0 Å². The molecule has 0 aliphatic carbocycles. The van der Waals surface area contributed by atoms with Gasteiger partial charge in [0, 0.05) is 12.8 Å². The SMILES string of the molecule is N[C@H]1C(C[C@H](O)CO)O[C@@](O)(C(=O)O)C[C@H]1O. The van der Waals surface area contributed by atoms with E-state index in [-0.39, 0.29) is 6.42 Å². The van der Waals surface area contributed by atoms with Crippen LogP contribution < -0.4 is 5.73 Å². The van der Waals surface area contributed by atoms with Crippen molar-refractivity contribution in [1.82, 2.24) is 0 Å². The Labute approximate surface area is 97.2 Å². The molecule has 0 spiro atoms. The van der Waals surface area contributed by atoms with E-state index >= 15 is 0 Å². The van der Waals surface area contributed by atoms with Crippen molar-refractivity contribution in [1.29, 1.82) is 0 Å². The number of nitrogens with two attached hydrogens (primary N) is 1. The summed E-state index contributed by atoms with van der Waals surface area (Å²) in [6.07, 6.45) is -4.20. The van der Waals surface area contributed by atoms with Crippen LogP contribution in [-0.2, 0) is 9.53 Å². The number of aliphatic carboxylic acids is 1. The second-order valence-corrected chi connectivity index (χ2v) is 4.17. The zero-order valence-corrected chi connectivity index (χ0v) is 9.06. The summed E-state index contributed by atoms with van der Waals surface area (Å²) in [6.45, 7) is -0.547. The van der Waals surface area contributed by atoms with Crippen molar-refractivity contribution in [3.63, 3.8) is 0 Å². The first-order chi connectivity index (χ1) is 7.80. The van der Waals surface area contributed by atoms with Crippen LogP contribution in [0.5, 0.6) is 0 Å². The van der Waals surface area contributed by atoms with Crippen molar-refractivity contribution in [2.75, 3.05) is 6.61 Å². The third-order valence-corrected chi connectivity index (χ3v) is 2.76. The predicted molar refractivity (Wildman–Crippen MR) is 53.8 cm³/mol. The summed E-state index contributed by atoms with van der Waals surface area (Å²) in [7, 11) is 0. The second kappa shape index (κ2) is 5.25. The first-order valence-corrected chi connectivity index (χ1v) is 5.16. The highest BCUT2D eigenvalue weighted by Gasteiger charge is 2.49. The maximum atomic E-state index is 10.8. The van der Waals surface area contributed by atoms with Gasteiger partial charge >= 0.3 is 5.97 Å². The summed E-state index contributed by atoms with van der Waals surface area (Å²) in [5, 5.41) is 45.8. The number of hydrogen-bond acceptors (Lipinski definition) is 7. The Morgan fingerprint density at radius 1 is 1.59 bits per heavy atom. The number of carbonyl (C=O) groups is 1. The summed E-state index contributed by atoms with van der Waals surface area (Å²) in [5.41, 5.74) is 5.57. The Balaban J connectivity index is 2.78. The lowest BCUT2D eigenvalue weighted by molar-refractivity contribution is -0.277. The van der Waals surface area contributed by atoms with Gasteiger partial charge in [-0.3, -0.25) is 0 Å². The molecule has 0 aromatic carbocycles. The number of carboxylic acids is 1. The fraction of sp³-hybridized carbons (Fsp3) is 0.889. The number of ether oxygens (including phenoxy) is 1. The average Bonchev–Trinajstić information content (AvgIpc) is 2.25. The normalized spacial score (nSPS) is 39.9. The molecule has 1 rings (SSSR count). The third kappa shape index (κ3) is 3.12. The molecule has 1 unspecified atom stereocenters. The molecular formula is C9H17NO7. The second-order valence-electron chi connectivity index (χ2n) is 4.17. The number of rotatable bonds is 4. The van der Waals surface area contributed by atoms with Gasteiger partial charge in [-0.05, 0) is 0 Å². The Kier molecular flexibility index (Phi) is 4.42. The number of hydrogen-bond donors (Lipinski definition) is 6. The maximum Gasteiger partial charge on any atom is 0.364 e. The lowest BCUT2D eigenvalue weighted by Gasteiger charge is -2.41. The molecule has 1 heterocycles. The number of aliphatic hydroxyl groups is 4. The lowest BCUT2D eigenvalue weighted by atomic mass is 9.91. The summed E-state index contributed by atoms with van der Waals surface area (Å²) < 4.78 is 4.89. The first-order valence-electron chi connectivity index (χ1n) is 5.16. The van der Waals surface area contributed by atoms with E-state index in [1.54, 1.807) is 0 Å². The molecule has 1 aliphatic heterocycles. The largest absolute Gasteiger partial charge is 0.477 e. The first kappa shape index (κ1) is 14.3. The van der Waals surface area contributed by atoms with Gasteiger partial charge in [0.2, 0.25) is 0 Å². The van der Waals surface area contributed by atoms with Crippen LogP contribution in [0.4, 0.5) is 0 Å². The third-order valence-electron chi connectivity index (χ3n) is 2.76. The zero-order valence-electron chi connectivity index (χ0n) is 9.06. The van der Waals surface area contributed by atoms with E-state index in [0.29, 0.717) is 0 Å². The van der Waals surface area contributed by atoms with Gasteiger partial charge < -0.3 is 36.0 Å². The monoisotopic (exact) mass is 251 g/mol. The zero-order chi connectivity index (χ0) is 13.2. The molecule has 100 valence electrons. The molecule has 7 N–H and O–H groups in total. The minimum absolute atomic E-state index is 0.176. The Morgan fingerprint density at radius 3 is 2.65 bits per heavy atom. The number of aliphatic hydroxyl groups excluding tert-OH is 3. The standard InChI is InChI=1S/C9H17NO7/c10-7-5(13)2-9(16,8(14)15)17-6(7)1-4(12)3-11/h4-7,11-13,16H,1-3,10H2,(H,14,15)/t4-,5+,6?,7+,9+/m0/s1. The smallest absolute Gasteiger partial charge is 0.364 e. The molecule has 0 aromatic rings. The lowest BCUT2D eigenvalue weighted by Crippen LogP contribution is -2.61. The Bertz CT molecular complexity index is 287. The van der Waals surface area contributed by atoms with Crippen LogP contribution >= 0.6 is 0 Å². The van der Waals surface area contributed by atoms with Gasteiger partial charge in [-0.15, -0.1) is 0 Å². The molecule has 17 heavy (non-hydrogen) atoms. The fourth-order valence-electron chi connectivity index (χ4n) is 1.73. The van der Waals surface area contributed by atoms with Gasteiger partial charge in [-0.25, -0.2) is 4.79 Å². The maximum absolute atomic E-state index is 10.8. The molecule has 1 aliphatic rings. The summed E-state index contributed by atoms with van der Waals surface area (Å²) >= 11 is 0. The van der Waals surface area contributed by atoms with E-state index in [0.717, 1.165) is 0 Å². The highest BCUT2D eigenvalue weighted by Crippen LogP contribution is 2.29. The van der Waals surface area contributed by atoms with Crippen LogP contribution in [0.25, 0.3) is 0 Å². The van der Waals surface area contributed by atoms with Crippen molar-refractivity contribution >= 4 is 5.97 Å². The van der Waals surface area contributed by atoms with Gasteiger partial charge in [-0.1, -0.05) is 0 Å². The van der Waals surface area contributed by atoms with Crippen molar-refractivity contribution in [3.05, 3.63) is 0 Å². The molecule has 5 atom stereocenters. The van der Waals surface area contributed by atoms with Crippen molar-refractivity contribution in [2.24, 2.45) is 5.73 Å². The van der Waals surface area contributed by atoms with Gasteiger partial charge in [-0.2, -0.15) is 0 Å². The molecular weight excluding hydrogens is 234 g/mol. The van der Waals surface area contributed by atoms with Crippen molar-refractivity contribution < 1.29 is 35.1 Å². The Morgan fingerprint density at radius 2 is 2.18 bits per heavy atom. The van der Waals surface area contributed by atoms with E-state index in [4.69, 9.17) is 20.7 Å². The molecule has 0 saturated carbocycles. The molecule has 0 aromatic heterocycles. The van der Waals surface area contributed by atoms with Crippen molar-refractivity contribution in [2.45, 2.75) is 43.0 Å². The summed E-state index contributed by atoms with van der Waals surface area (Å²) in [4.78, 5) is 10.8. The minimum Gasteiger partial charge on any atom is -0.477 e. The van der Waals surface area contributed by atoms with Crippen molar-refractivity contribution in [3.8, 4) is 0 Å². The van der Waals surface area contributed by atoms with E-state index in [2.05, 4.69) is 0 Å². The molecule has 8 nitrogen and oxygen atoms in total. The van der Waals surface area contributed by atoms with E-state index < -0.39 is 49.1 Å². The Hall–Kier alpha value is -0.770. The molecule has 0 bridgehead atoms. The number of carboxylic acid groups (broad SMARTS) is 1. The highest BCUT2D eigenvalue weighted by molar-refractivity contribution is 5.75. The van der Waals surface area contributed by atoms with Crippen LogP contribution in [0.3, 0.4) is 0 Å². The van der Waals surface area contributed by atoms with Crippen LogP contribution in [0.15, 0.2) is 0 Å². The topological polar surface area (TPSA) is 153 Å². The van der Waals surface area contributed by atoms with E-state index in [9.17, 15) is 20.1 Å². The van der Waals surface area contributed by atoms with Crippen LogP contribution in [0, 0.1) is 0 Å². The van der Waals surface area contributed by atoms with Gasteiger partial charge in [0.1, 0.15) is 0 Å². The van der Waals surface area contributed by atoms with Gasteiger partial charge in [0.05, 0.1) is 31.0 Å². The average molecular weight is 251 g/mol. The van der Waals surface area contributed by atoms with Gasteiger partial charge in [0.15, 0.2) is 0 Å². The fourth-order valence-corrected chi connectivity index (χ4v) is 1.73. The summed E-state index contributed by atoms with van der Waals surface area (Å²) in [6, 6.07) is -0.934. The van der Waals surface area contributed by atoms with E-state index in [1.165, 1.54) is 0 Å². The molecule has 0 amide bonds. The highest BCUT2D eigenvalue weighted by atomic mass is 16.7. The van der Waals surface area contributed by atoms with Crippen LogP contribution in [-0.4, -0.2) is 68.2 Å². The summed E-state index contributed by atoms with van der Waals surface area (Å²) in [5.74, 6) is -4.15. The quantitative estimate of drug-likeness (QED) is 0.308. The van der Waals surface area contributed by atoms with Gasteiger partial charge in [0.25, 0.3) is 5.79 Å². The molecule has 1 saturated heterocycles. The minimum atomic E-state index is -2.52. The molecule has 0 radical (unpaired) electrons. The van der Waals surface area contributed by atoms with Crippen LogP contribution in [0.1, 0.15) is 12.8 Å². The van der Waals surface area contributed by atoms with Crippen LogP contribution in [0.2, 0.25) is 0 Å². The predicted octanol–water partition coefficient (Wildman–Crippen LogP) is -3.02. The molecule has 8 heteroatoms.